The van der Waals surface area contributed by atoms with Crippen LogP contribution in [0.15, 0.2) is 79.0 Å². The van der Waals surface area contributed by atoms with Crippen LogP contribution in [0.5, 0.6) is 0 Å². The number of para-hydroxylation sites is 1. The van der Waals surface area contributed by atoms with Crippen molar-refractivity contribution < 1.29 is 4.74 Å². The number of benzene rings is 3. The second kappa shape index (κ2) is 8.15. The Balaban J connectivity index is 1.31. The molecule has 3 aromatic carbocycles. The molecule has 2 heterocycles. The van der Waals surface area contributed by atoms with Crippen molar-refractivity contribution in [3.05, 3.63) is 90.3 Å². The van der Waals surface area contributed by atoms with Crippen LogP contribution in [0.4, 0.5) is 0 Å². The molecule has 1 aliphatic rings. The molecule has 2 atom stereocenters. The zero-order valence-electron chi connectivity index (χ0n) is 16.2. The molecule has 1 N–H and O–H groups in total. The van der Waals surface area contributed by atoms with E-state index < -0.39 is 0 Å². The summed E-state index contributed by atoms with van der Waals surface area (Å²) in [7, 11) is 0. The number of fused-ring (bicyclic) bond motifs is 1. The Bertz CT molecular complexity index is 1090. The smallest absolute Gasteiger partial charge is 0.0889 e. The molecule has 0 unspecified atom stereocenters. The number of nitrogens with zero attached hydrogens (tertiary/aromatic N) is 3. The van der Waals surface area contributed by atoms with Crippen LogP contribution in [-0.2, 0) is 11.3 Å². The van der Waals surface area contributed by atoms with Crippen molar-refractivity contribution in [1.82, 2.24) is 20.3 Å². The van der Waals surface area contributed by atoms with E-state index in [2.05, 4.69) is 58.1 Å². The van der Waals surface area contributed by atoms with Gasteiger partial charge < -0.3 is 10.1 Å². The van der Waals surface area contributed by atoms with E-state index >= 15 is 0 Å². The molecule has 5 nitrogen and oxygen atoms in total. The maximum atomic E-state index is 6.36. The fraction of sp³-hybridized carbons (Fsp3) is 0.250. The van der Waals surface area contributed by atoms with Gasteiger partial charge in [-0.3, -0.25) is 0 Å². The van der Waals surface area contributed by atoms with Crippen molar-refractivity contribution in [1.29, 1.82) is 0 Å². The van der Waals surface area contributed by atoms with E-state index in [1.807, 2.05) is 41.2 Å². The standard InChI is InChI=1S/C24H24N4O/c1-2-8-21(9-3-1)28-16-23(26-27-28)22-12-13-25-15-24(22)29-17-18-10-11-19-6-4-5-7-20(19)14-18/h1-11,14,16,22,24-25H,12-13,15,17H2/t22-,24+/m1/s1. The Hall–Kier alpha value is -3.02. The first-order valence-corrected chi connectivity index (χ1v) is 10.1. The highest BCUT2D eigenvalue weighted by Crippen LogP contribution is 2.27. The summed E-state index contributed by atoms with van der Waals surface area (Å²) in [5.74, 6) is 0.245. The van der Waals surface area contributed by atoms with Crippen molar-refractivity contribution >= 4 is 10.8 Å². The third-order valence-electron chi connectivity index (χ3n) is 5.62. The molecule has 1 aromatic heterocycles. The molecule has 0 amide bonds. The summed E-state index contributed by atoms with van der Waals surface area (Å²) >= 11 is 0. The van der Waals surface area contributed by atoms with Gasteiger partial charge in [0.15, 0.2) is 0 Å². The van der Waals surface area contributed by atoms with Gasteiger partial charge in [-0.25, -0.2) is 4.68 Å². The summed E-state index contributed by atoms with van der Waals surface area (Å²) < 4.78 is 8.21. The average molecular weight is 384 g/mol. The second-order valence-electron chi connectivity index (χ2n) is 7.55. The minimum atomic E-state index is 0.0798. The van der Waals surface area contributed by atoms with Crippen molar-refractivity contribution in [2.24, 2.45) is 0 Å². The zero-order valence-corrected chi connectivity index (χ0v) is 16.2. The van der Waals surface area contributed by atoms with Gasteiger partial charge in [-0.05, 0) is 47.5 Å². The molecule has 1 fully saturated rings. The van der Waals surface area contributed by atoms with Gasteiger partial charge in [0.05, 0.1) is 30.3 Å². The molecule has 5 rings (SSSR count). The number of hydrogen-bond donors (Lipinski definition) is 1. The van der Waals surface area contributed by atoms with Crippen molar-refractivity contribution in [2.45, 2.75) is 25.0 Å². The fourth-order valence-corrected chi connectivity index (χ4v) is 4.03. The quantitative estimate of drug-likeness (QED) is 0.563. The zero-order chi connectivity index (χ0) is 19.5. The Morgan fingerprint density at radius 1 is 0.966 bits per heavy atom. The minimum absolute atomic E-state index is 0.0798. The molecule has 146 valence electrons. The molecule has 1 saturated heterocycles. The first-order chi connectivity index (χ1) is 14.4. The maximum Gasteiger partial charge on any atom is 0.0889 e. The van der Waals surface area contributed by atoms with E-state index in [4.69, 9.17) is 4.74 Å². The Kier molecular flexibility index (Phi) is 5.07. The number of hydrogen-bond acceptors (Lipinski definition) is 4. The molecule has 0 saturated carbocycles. The van der Waals surface area contributed by atoms with Crippen LogP contribution in [-0.4, -0.2) is 34.2 Å². The summed E-state index contributed by atoms with van der Waals surface area (Å²) in [6.45, 7) is 2.40. The molecule has 0 spiro atoms. The Morgan fingerprint density at radius 3 is 2.69 bits per heavy atom. The van der Waals surface area contributed by atoms with Gasteiger partial charge in [-0.15, -0.1) is 5.10 Å². The fourth-order valence-electron chi connectivity index (χ4n) is 4.03. The first kappa shape index (κ1) is 18.0. The van der Waals surface area contributed by atoms with Gasteiger partial charge in [0, 0.05) is 12.5 Å². The van der Waals surface area contributed by atoms with Crippen molar-refractivity contribution in [3.63, 3.8) is 0 Å². The molecule has 0 aliphatic carbocycles. The lowest BCUT2D eigenvalue weighted by atomic mass is 9.92. The third kappa shape index (κ3) is 3.92. The Morgan fingerprint density at radius 2 is 1.79 bits per heavy atom. The van der Waals surface area contributed by atoms with Crippen LogP contribution in [0.2, 0.25) is 0 Å². The summed E-state index contributed by atoms with van der Waals surface area (Å²) in [6, 6.07) is 25.1. The lowest BCUT2D eigenvalue weighted by Crippen LogP contribution is -2.41. The van der Waals surface area contributed by atoms with Crippen LogP contribution in [0.3, 0.4) is 0 Å². The monoisotopic (exact) mass is 384 g/mol. The SMILES string of the molecule is c1ccc(-n2cc([C@H]3CCNC[C@@H]3OCc3ccc4ccccc4c3)nn2)cc1. The van der Waals surface area contributed by atoms with Crippen LogP contribution in [0.1, 0.15) is 23.6 Å². The molecule has 0 bridgehead atoms. The topological polar surface area (TPSA) is 52.0 Å². The number of ether oxygens (including phenoxy) is 1. The van der Waals surface area contributed by atoms with Crippen LogP contribution >= 0.6 is 0 Å². The molecule has 0 radical (unpaired) electrons. The highest BCUT2D eigenvalue weighted by molar-refractivity contribution is 5.82. The van der Waals surface area contributed by atoms with Crippen molar-refractivity contribution in [3.8, 4) is 5.69 Å². The molecular formula is C24H24N4O. The van der Waals surface area contributed by atoms with Gasteiger partial charge in [0.25, 0.3) is 0 Å². The van der Waals surface area contributed by atoms with E-state index in [0.717, 1.165) is 30.9 Å². The van der Waals surface area contributed by atoms with E-state index in [1.54, 1.807) is 0 Å². The number of rotatable bonds is 5. The third-order valence-corrected chi connectivity index (χ3v) is 5.62. The molecule has 5 heteroatoms. The van der Waals surface area contributed by atoms with E-state index in [0.29, 0.717) is 6.61 Å². The predicted molar refractivity (Wildman–Crippen MR) is 114 cm³/mol. The van der Waals surface area contributed by atoms with Gasteiger partial charge >= 0.3 is 0 Å². The second-order valence-corrected chi connectivity index (χ2v) is 7.55. The molecule has 4 aromatic rings. The van der Waals surface area contributed by atoms with Crippen molar-refractivity contribution in [2.75, 3.05) is 13.1 Å². The largest absolute Gasteiger partial charge is 0.372 e. The predicted octanol–water partition coefficient (Wildman–Crippen LogP) is 4.08. The van der Waals surface area contributed by atoms with Gasteiger partial charge in [0.1, 0.15) is 0 Å². The van der Waals surface area contributed by atoms with Gasteiger partial charge in [-0.2, -0.15) is 0 Å². The normalized spacial score (nSPS) is 19.4. The summed E-state index contributed by atoms with van der Waals surface area (Å²) in [6.07, 6.45) is 3.12. The summed E-state index contributed by atoms with van der Waals surface area (Å²) in [5, 5.41) is 14.8. The minimum Gasteiger partial charge on any atom is -0.372 e. The highest BCUT2D eigenvalue weighted by atomic mass is 16.5. The lowest BCUT2D eigenvalue weighted by molar-refractivity contribution is 0.00970. The Labute approximate surface area is 170 Å². The van der Waals surface area contributed by atoms with Gasteiger partial charge in [0.2, 0.25) is 0 Å². The van der Waals surface area contributed by atoms with E-state index in [9.17, 15) is 0 Å². The molecular weight excluding hydrogens is 360 g/mol. The first-order valence-electron chi connectivity index (χ1n) is 10.1. The molecule has 1 aliphatic heterocycles. The van der Waals surface area contributed by atoms with E-state index in [1.165, 1.54) is 16.3 Å². The molecule has 29 heavy (non-hydrogen) atoms. The number of nitrogens with one attached hydrogen (secondary N) is 1. The van der Waals surface area contributed by atoms with Crippen LogP contribution in [0, 0.1) is 0 Å². The maximum absolute atomic E-state index is 6.36. The highest BCUT2D eigenvalue weighted by Gasteiger charge is 2.29. The van der Waals surface area contributed by atoms with Gasteiger partial charge in [-0.1, -0.05) is 59.8 Å². The summed E-state index contributed by atoms with van der Waals surface area (Å²) in [4.78, 5) is 0. The number of aromatic nitrogens is 3. The number of piperidine rings is 1. The van der Waals surface area contributed by atoms with E-state index in [-0.39, 0.29) is 12.0 Å². The van der Waals surface area contributed by atoms with Crippen LogP contribution < -0.4 is 5.32 Å². The lowest BCUT2D eigenvalue weighted by Gasteiger charge is -2.30. The summed E-state index contributed by atoms with van der Waals surface area (Å²) in [5.41, 5.74) is 3.22. The average Bonchev–Trinajstić information content (AvgIpc) is 3.28. The van der Waals surface area contributed by atoms with Crippen LogP contribution in [0.25, 0.3) is 16.5 Å².